The Bertz CT molecular complexity index is 565. The van der Waals surface area contributed by atoms with E-state index in [-0.39, 0.29) is 18.6 Å². The summed E-state index contributed by atoms with van der Waals surface area (Å²) < 4.78 is 5.10. The Balaban J connectivity index is 2.02. The molecule has 0 unspecified atom stereocenters. The van der Waals surface area contributed by atoms with Crippen molar-refractivity contribution in [1.82, 2.24) is 4.90 Å². The highest BCUT2D eigenvalue weighted by atomic mass is 16.6. The maximum atomic E-state index is 12.6. The molecule has 1 saturated heterocycles. The zero-order valence-corrected chi connectivity index (χ0v) is 14.0. The fourth-order valence-electron chi connectivity index (χ4n) is 2.74. The van der Waals surface area contributed by atoms with Crippen LogP contribution < -0.4 is 0 Å². The van der Waals surface area contributed by atoms with E-state index in [1.54, 1.807) is 6.92 Å². The van der Waals surface area contributed by atoms with E-state index < -0.39 is 6.09 Å². The lowest BCUT2D eigenvalue weighted by atomic mass is 10.0. The zero-order valence-electron chi connectivity index (χ0n) is 14.0. The fraction of sp³-hybridized carbons (Fsp3) is 0.474. The summed E-state index contributed by atoms with van der Waals surface area (Å²) in [4.78, 5) is 25.8. The number of carbonyl (C=O) groups excluding carboxylic acids is 2. The molecule has 4 nitrogen and oxygen atoms in total. The number of carbonyl (C=O) groups is 2. The van der Waals surface area contributed by atoms with Gasteiger partial charge in [0.15, 0.2) is 0 Å². The summed E-state index contributed by atoms with van der Waals surface area (Å²) in [6, 6.07) is 9.64. The minimum absolute atomic E-state index is 0.226. The van der Waals surface area contributed by atoms with Crippen LogP contribution in [-0.2, 0) is 16.0 Å². The lowest BCUT2D eigenvalue weighted by Gasteiger charge is -2.20. The van der Waals surface area contributed by atoms with Crippen LogP contribution >= 0.6 is 0 Å². The standard InChI is InChI=1S/C19H25NO3/c1-3-4-5-7-10-15(2)18(21)20-17(14-23-19(20)22)13-16-11-8-6-9-12-16/h6,8-12,17H,3-5,7,13-14H2,1-2H3/b15-10+/t17-/m0/s1. The first-order chi connectivity index (χ1) is 11.1. The van der Waals surface area contributed by atoms with Gasteiger partial charge in [0.2, 0.25) is 0 Å². The van der Waals surface area contributed by atoms with Gasteiger partial charge in [-0.25, -0.2) is 9.69 Å². The predicted molar refractivity (Wildman–Crippen MR) is 90.0 cm³/mol. The number of amides is 2. The van der Waals surface area contributed by atoms with Crippen LogP contribution in [0.1, 0.15) is 45.1 Å². The van der Waals surface area contributed by atoms with Crippen molar-refractivity contribution in [3.8, 4) is 0 Å². The predicted octanol–water partition coefficient (Wildman–Crippen LogP) is 4.10. The average molecular weight is 315 g/mol. The first-order valence-electron chi connectivity index (χ1n) is 8.34. The number of rotatable bonds is 7. The summed E-state index contributed by atoms with van der Waals surface area (Å²) in [6.07, 6.45) is 6.28. The van der Waals surface area contributed by atoms with Gasteiger partial charge in [-0.1, -0.05) is 56.2 Å². The number of hydrogen-bond acceptors (Lipinski definition) is 3. The molecule has 0 spiro atoms. The minimum atomic E-state index is -0.530. The van der Waals surface area contributed by atoms with Crippen molar-refractivity contribution in [1.29, 1.82) is 0 Å². The highest BCUT2D eigenvalue weighted by molar-refractivity contribution is 6.03. The molecule has 0 radical (unpaired) electrons. The monoisotopic (exact) mass is 315 g/mol. The number of benzene rings is 1. The molecule has 2 rings (SSSR count). The summed E-state index contributed by atoms with van der Waals surface area (Å²) in [5.74, 6) is -0.232. The zero-order chi connectivity index (χ0) is 16.7. The number of ether oxygens (including phenoxy) is 1. The first-order valence-corrected chi connectivity index (χ1v) is 8.34. The van der Waals surface area contributed by atoms with E-state index in [1.165, 1.54) is 4.90 Å². The molecule has 0 N–H and O–H groups in total. The van der Waals surface area contributed by atoms with Crippen molar-refractivity contribution in [2.75, 3.05) is 6.61 Å². The van der Waals surface area contributed by atoms with E-state index in [0.717, 1.165) is 31.2 Å². The molecule has 1 aromatic carbocycles. The Hall–Kier alpha value is -2.10. The molecular weight excluding hydrogens is 290 g/mol. The van der Waals surface area contributed by atoms with Gasteiger partial charge in [0.1, 0.15) is 6.61 Å². The van der Waals surface area contributed by atoms with Crippen molar-refractivity contribution >= 4 is 12.0 Å². The molecule has 124 valence electrons. The summed E-state index contributed by atoms with van der Waals surface area (Å²) >= 11 is 0. The van der Waals surface area contributed by atoms with E-state index in [1.807, 2.05) is 36.4 Å². The van der Waals surface area contributed by atoms with Crippen molar-refractivity contribution in [2.24, 2.45) is 0 Å². The van der Waals surface area contributed by atoms with Crippen LogP contribution in [0, 0.1) is 0 Å². The van der Waals surface area contributed by atoms with Crippen LogP contribution in [0.5, 0.6) is 0 Å². The van der Waals surface area contributed by atoms with Crippen LogP contribution in [-0.4, -0.2) is 29.5 Å². The van der Waals surface area contributed by atoms with E-state index in [0.29, 0.717) is 12.0 Å². The first kappa shape index (κ1) is 17.3. The molecule has 4 heteroatoms. The smallest absolute Gasteiger partial charge is 0.417 e. The molecule has 0 aromatic heterocycles. The Morgan fingerprint density at radius 3 is 2.74 bits per heavy atom. The topological polar surface area (TPSA) is 46.6 Å². The van der Waals surface area contributed by atoms with Gasteiger partial charge in [0.05, 0.1) is 6.04 Å². The Kier molecular flexibility index (Phi) is 6.39. The molecule has 2 amide bonds. The molecule has 23 heavy (non-hydrogen) atoms. The second-order valence-corrected chi connectivity index (χ2v) is 5.98. The van der Waals surface area contributed by atoms with Crippen LogP contribution in [0.2, 0.25) is 0 Å². The van der Waals surface area contributed by atoms with Crippen LogP contribution in [0.4, 0.5) is 4.79 Å². The van der Waals surface area contributed by atoms with Crippen molar-refractivity contribution in [3.63, 3.8) is 0 Å². The van der Waals surface area contributed by atoms with Gasteiger partial charge in [0, 0.05) is 5.57 Å². The van der Waals surface area contributed by atoms with E-state index >= 15 is 0 Å². The molecule has 1 atom stereocenters. The molecular formula is C19H25NO3. The highest BCUT2D eigenvalue weighted by Crippen LogP contribution is 2.20. The third kappa shape index (κ3) is 4.68. The second-order valence-electron chi connectivity index (χ2n) is 5.98. The summed E-state index contributed by atoms with van der Waals surface area (Å²) in [7, 11) is 0. The lowest BCUT2D eigenvalue weighted by Crippen LogP contribution is -2.40. The van der Waals surface area contributed by atoms with Crippen molar-refractivity contribution in [2.45, 2.75) is 52.0 Å². The Labute approximate surface area is 138 Å². The Morgan fingerprint density at radius 2 is 2.04 bits per heavy atom. The SMILES string of the molecule is CCCCC/C=C(\C)C(=O)N1C(=O)OC[C@@H]1Cc1ccccc1. The van der Waals surface area contributed by atoms with Crippen LogP contribution in [0.3, 0.4) is 0 Å². The summed E-state index contributed by atoms with van der Waals surface area (Å²) in [6.45, 7) is 4.19. The third-order valence-electron chi connectivity index (χ3n) is 4.09. The molecule has 0 saturated carbocycles. The molecule has 1 aromatic rings. The molecule has 1 aliphatic rings. The van der Waals surface area contributed by atoms with Gasteiger partial charge in [-0.2, -0.15) is 0 Å². The fourth-order valence-corrected chi connectivity index (χ4v) is 2.74. The largest absolute Gasteiger partial charge is 0.447 e. The molecule has 1 fully saturated rings. The number of unbranched alkanes of at least 4 members (excludes halogenated alkanes) is 3. The Morgan fingerprint density at radius 1 is 1.30 bits per heavy atom. The van der Waals surface area contributed by atoms with Gasteiger partial charge in [-0.15, -0.1) is 0 Å². The maximum absolute atomic E-state index is 12.6. The molecule has 1 aliphatic heterocycles. The molecule has 0 aliphatic carbocycles. The maximum Gasteiger partial charge on any atom is 0.417 e. The quantitative estimate of drug-likeness (QED) is 0.562. The second kappa shape index (κ2) is 8.51. The normalized spacial score (nSPS) is 18.2. The van der Waals surface area contributed by atoms with E-state index in [9.17, 15) is 9.59 Å². The lowest BCUT2D eigenvalue weighted by molar-refractivity contribution is -0.125. The summed E-state index contributed by atoms with van der Waals surface area (Å²) in [5.41, 5.74) is 1.72. The van der Waals surface area contributed by atoms with Crippen LogP contribution in [0.25, 0.3) is 0 Å². The number of allylic oxidation sites excluding steroid dienone is 1. The average Bonchev–Trinajstić information content (AvgIpc) is 2.92. The number of cyclic esters (lactones) is 1. The summed E-state index contributed by atoms with van der Waals surface area (Å²) in [5, 5.41) is 0. The van der Waals surface area contributed by atoms with Gasteiger partial charge >= 0.3 is 6.09 Å². The number of hydrogen-bond donors (Lipinski definition) is 0. The van der Waals surface area contributed by atoms with E-state index in [2.05, 4.69) is 6.92 Å². The minimum Gasteiger partial charge on any atom is -0.447 e. The van der Waals surface area contributed by atoms with Crippen LogP contribution in [0.15, 0.2) is 42.0 Å². The van der Waals surface area contributed by atoms with Crippen molar-refractivity contribution in [3.05, 3.63) is 47.5 Å². The van der Waals surface area contributed by atoms with Crippen molar-refractivity contribution < 1.29 is 14.3 Å². The van der Waals surface area contributed by atoms with E-state index in [4.69, 9.17) is 4.74 Å². The van der Waals surface area contributed by atoms with Gasteiger partial charge in [-0.05, 0) is 31.7 Å². The van der Waals surface area contributed by atoms with Gasteiger partial charge in [0.25, 0.3) is 5.91 Å². The molecule has 0 bridgehead atoms. The number of nitrogens with zero attached hydrogens (tertiary/aromatic N) is 1. The molecule has 1 heterocycles. The highest BCUT2D eigenvalue weighted by Gasteiger charge is 2.38. The van der Waals surface area contributed by atoms with Gasteiger partial charge < -0.3 is 4.74 Å². The third-order valence-corrected chi connectivity index (χ3v) is 4.09. The number of imide groups is 1. The van der Waals surface area contributed by atoms with Gasteiger partial charge in [-0.3, -0.25) is 4.79 Å².